The minimum Gasteiger partial charge on any atom is -0.330 e. The molecule has 0 atom stereocenters. The summed E-state index contributed by atoms with van der Waals surface area (Å²) in [5.41, 5.74) is 0.293. The summed E-state index contributed by atoms with van der Waals surface area (Å²) in [5, 5.41) is 10.7. The number of aromatic nitrogens is 2. The highest BCUT2D eigenvalue weighted by Gasteiger charge is 2.52. The predicted octanol–water partition coefficient (Wildman–Crippen LogP) is 4.90. The van der Waals surface area contributed by atoms with Crippen molar-refractivity contribution in [1.82, 2.24) is 9.78 Å². The second-order valence-corrected chi connectivity index (χ2v) is 8.90. The first-order valence-electron chi connectivity index (χ1n) is 9.58. The maximum atomic E-state index is 13.8. The molecule has 0 radical (unpaired) electrons. The van der Waals surface area contributed by atoms with E-state index in [2.05, 4.69) is 15.3 Å². The molecule has 7 heteroatoms. The van der Waals surface area contributed by atoms with Crippen LogP contribution in [0.15, 0.2) is 30.5 Å². The molecule has 1 aromatic carbocycles. The molecule has 2 N–H and O–H groups in total. The highest BCUT2D eigenvalue weighted by atomic mass is 32.1. The molecular formula is C20H22F2N4S. The second kappa shape index (κ2) is 6.26. The van der Waals surface area contributed by atoms with Gasteiger partial charge in [0, 0.05) is 18.3 Å². The smallest absolute Gasteiger partial charge is 0.176 e. The summed E-state index contributed by atoms with van der Waals surface area (Å²) in [7, 11) is 0. The van der Waals surface area contributed by atoms with E-state index in [1.165, 1.54) is 50.7 Å². The third-order valence-corrected chi connectivity index (χ3v) is 6.71. The van der Waals surface area contributed by atoms with Crippen molar-refractivity contribution in [1.29, 1.82) is 0 Å². The van der Waals surface area contributed by atoms with E-state index < -0.39 is 11.6 Å². The van der Waals surface area contributed by atoms with Gasteiger partial charge in [-0.15, -0.1) is 0 Å². The fraction of sp³-hybridized carbons (Fsp3) is 0.500. The first kappa shape index (κ1) is 17.1. The number of benzene rings is 1. The summed E-state index contributed by atoms with van der Waals surface area (Å²) in [6.07, 6.45) is 9.89. The van der Waals surface area contributed by atoms with E-state index in [0.717, 1.165) is 23.8 Å². The van der Waals surface area contributed by atoms with Gasteiger partial charge in [0.1, 0.15) is 11.6 Å². The number of nitrogens with one attached hydrogen (secondary N) is 2. The number of anilines is 2. The SMILES string of the molecule is Fc1ccc(NC(=S)Nc2ccn(C34CC5CC(CC(C5)C3)C4)n2)c(F)c1. The monoisotopic (exact) mass is 388 g/mol. The average Bonchev–Trinajstić information content (AvgIpc) is 3.05. The van der Waals surface area contributed by atoms with Crippen LogP contribution in [0, 0.1) is 29.4 Å². The molecule has 4 fully saturated rings. The standard InChI is InChI=1S/C20H22F2N4S/c21-15-1-2-17(16(22)8-15)23-19(27)24-18-3-4-26(25-18)20-9-12-5-13(10-20)7-14(6-12)11-20/h1-4,8,12-14H,5-7,9-11H2,(H2,23,24,25,27). The van der Waals surface area contributed by atoms with Crippen molar-refractivity contribution in [2.75, 3.05) is 10.6 Å². The van der Waals surface area contributed by atoms with Crippen LogP contribution in [0.4, 0.5) is 20.3 Å². The average molecular weight is 388 g/mol. The van der Waals surface area contributed by atoms with Crippen LogP contribution in [0.3, 0.4) is 0 Å². The van der Waals surface area contributed by atoms with Crippen LogP contribution in [-0.2, 0) is 5.54 Å². The largest absolute Gasteiger partial charge is 0.330 e. The van der Waals surface area contributed by atoms with Gasteiger partial charge in [-0.25, -0.2) is 8.78 Å². The van der Waals surface area contributed by atoms with Crippen molar-refractivity contribution in [3.05, 3.63) is 42.1 Å². The zero-order valence-electron chi connectivity index (χ0n) is 14.9. The molecule has 2 aromatic rings. The van der Waals surface area contributed by atoms with Crippen molar-refractivity contribution >= 4 is 28.8 Å². The van der Waals surface area contributed by atoms with Crippen LogP contribution in [0.5, 0.6) is 0 Å². The Labute approximate surface area is 162 Å². The number of hydrogen-bond acceptors (Lipinski definition) is 2. The first-order chi connectivity index (χ1) is 13.0. The minimum atomic E-state index is -0.682. The van der Waals surface area contributed by atoms with Crippen molar-refractivity contribution in [2.45, 2.75) is 44.1 Å². The molecule has 4 nitrogen and oxygen atoms in total. The van der Waals surface area contributed by atoms with Gasteiger partial charge in [-0.3, -0.25) is 4.68 Å². The lowest BCUT2D eigenvalue weighted by molar-refractivity contribution is -0.0492. The predicted molar refractivity (Wildman–Crippen MR) is 105 cm³/mol. The van der Waals surface area contributed by atoms with Gasteiger partial charge in [-0.05, 0) is 80.6 Å². The van der Waals surface area contributed by atoms with E-state index in [9.17, 15) is 8.78 Å². The zero-order valence-corrected chi connectivity index (χ0v) is 15.7. The van der Waals surface area contributed by atoms with E-state index >= 15 is 0 Å². The van der Waals surface area contributed by atoms with Gasteiger partial charge < -0.3 is 10.6 Å². The lowest BCUT2D eigenvalue weighted by Gasteiger charge is -2.56. The van der Waals surface area contributed by atoms with Gasteiger partial charge in [-0.1, -0.05) is 0 Å². The zero-order chi connectivity index (χ0) is 18.6. The molecule has 0 amide bonds. The molecule has 4 aliphatic rings. The van der Waals surface area contributed by atoms with Gasteiger partial charge in [-0.2, -0.15) is 5.10 Å². The van der Waals surface area contributed by atoms with Gasteiger partial charge in [0.05, 0.1) is 11.2 Å². The van der Waals surface area contributed by atoms with Gasteiger partial charge >= 0.3 is 0 Å². The fourth-order valence-corrected chi connectivity index (χ4v) is 6.08. The van der Waals surface area contributed by atoms with E-state index in [4.69, 9.17) is 17.3 Å². The maximum absolute atomic E-state index is 13.8. The van der Waals surface area contributed by atoms with E-state index in [0.29, 0.717) is 5.82 Å². The Balaban J connectivity index is 1.29. The Kier molecular flexibility index (Phi) is 3.96. The quantitative estimate of drug-likeness (QED) is 0.734. The van der Waals surface area contributed by atoms with Crippen LogP contribution in [0.1, 0.15) is 38.5 Å². The minimum absolute atomic E-state index is 0.134. The lowest BCUT2D eigenvalue weighted by Crippen LogP contribution is -2.52. The van der Waals surface area contributed by atoms with Crippen LogP contribution in [0.25, 0.3) is 0 Å². The first-order valence-corrected chi connectivity index (χ1v) is 9.99. The van der Waals surface area contributed by atoms with Crippen LogP contribution in [-0.4, -0.2) is 14.9 Å². The van der Waals surface area contributed by atoms with Crippen molar-refractivity contribution in [2.24, 2.45) is 17.8 Å². The van der Waals surface area contributed by atoms with Crippen LogP contribution in [0.2, 0.25) is 0 Å². The second-order valence-electron chi connectivity index (χ2n) is 8.49. The summed E-state index contributed by atoms with van der Waals surface area (Å²) in [6, 6.07) is 5.25. The lowest BCUT2D eigenvalue weighted by atomic mass is 9.53. The normalized spacial score (nSPS) is 31.1. The van der Waals surface area contributed by atoms with Gasteiger partial charge in [0.15, 0.2) is 10.9 Å². The Bertz CT molecular complexity index is 859. The number of thiocarbonyl (C=S) groups is 1. The summed E-state index contributed by atoms with van der Waals surface area (Å²) < 4.78 is 28.9. The number of hydrogen-bond donors (Lipinski definition) is 2. The highest BCUT2D eigenvalue weighted by Crippen LogP contribution is 2.58. The molecule has 27 heavy (non-hydrogen) atoms. The Morgan fingerprint density at radius 3 is 2.33 bits per heavy atom. The molecule has 6 rings (SSSR count). The Morgan fingerprint density at radius 2 is 1.70 bits per heavy atom. The van der Waals surface area contributed by atoms with Crippen LogP contribution >= 0.6 is 12.2 Å². The Morgan fingerprint density at radius 1 is 1.04 bits per heavy atom. The fourth-order valence-electron chi connectivity index (χ4n) is 5.86. The van der Waals surface area contributed by atoms with Crippen molar-refractivity contribution < 1.29 is 8.78 Å². The molecule has 4 saturated carbocycles. The molecule has 0 aliphatic heterocycles. The molecular weight excluding hydrogens is 366 g/mol. The van der Waals surface area contributed by atoms with E-state index in [1.54, 1.807) is 0 Å². The molecule has 0 spiro atoms. The van der Waals surface area contributed by atoms with Gasteiger partial charge in [0.25, 0.3) is 0 Å². The summed E-state index contributed by atoms with van der Waals surface area (Å²) >= 11 is 5.26. The van der Waals surface area contributed by atoms with E-state index in [-0.39, 0.29) is 16.3 Å². The molecule has 1 heterocycles. The van der Waals surface area contributed by atoms with Crippen molar-refractivity contribution in [3.63, 3.8) is 0 Å². The molecule has 4 bridgehead atoms. The third-order valence-electron chi connectivity index (χ3n) is 6.50. The van der Waals surface area contributed by atoms with Crippen molar-refractivity contribution in [3.8, 4) is 0 Å². The molecule has 142 valence electrons. The maximum Gasteiger partial charge on any atom is 0.176 e. The molecule has 0 unspecified atom stereocenters. The molecule has 1 aromatic heterocycles. The highest BCUT2D eigenvalue weighted by molar-refractivity contribution is 7.80. The summed E-state index contributed by atoms with van der Waals surface area (Å²) in [5.74, 6) is 1.89. The number of nitrogens with zero attached hydrogens (tertiary/aromatic N) is 2. The van der Waals surface area contributed by atoms with Crippen LogP contribution < -0.4 is 10.6 Å². The topological polar surface area (TPSA) is 41.9 Å². The number of halogens is 2. The third kappa shape index (κ3) is 3.12. The van der Waals surface area contributed by atoms with Gasteiger partial charge in [0.2, 0.25) is 0 Å². The number of rotatable bonds is 3. The molecule has 0 saturated heterocycles. The Hall–Kier alpha value is -2.02. The summed E-state index contributed by atoms with van der Waals surface area (Å²) in [6.45, 7) is 0. The molecule has 4 aliphatic carbocycles. The van der Waals surface area contributed by atoms with E-state index in [1.807, 2.05) is 12.3 Å². The summed E-state index contributed by atoms with van der Waals surface area (Å²) in [4.78, 5) is 0.